The van der Waals surface area contributed by atoms with E-state index in [4.69, 9.17) is 5.73 Å². The first-order valence-corrected chi connectivity index (χ1v) is 6.60. The molecular weight excluding hydrogens is 224 g/mol. The van der Waals surface area contributed by atoms with Crippen molar-refractivity contribution in [2.45, 2.75) is 45.6 Å². The molecule has 1 rings (SSSR count). The molecule has 1 aromatic carbocycles. The Hall–Kier alpha value is -1.35. The van der Waals surface area contributed by atoms with Crippen LogP contribution < -0.4 is 11.1 Å². The van der Waals surface area contributed by atoms with E-state index in [1.165, 1.54) is 5.56 Å². The molecule has 3 nitrogen and oxygen atoms in total. The summed E-state index contributed by atoms with van der Waals surface area (Å²) < 4.78 is 0. The smallest absolute Gasteiger partial charge is 0.251 e. The van der Waals surface area contributed by atoms with Gasteiger partial charge < -0.3 is 11.1 Å². The van der Waals surface area contributed by atoms with Crippen LogP contribution in [0, 0.1) is 0 Å². The third-order valence-corrected chi connectivity index (χ3v) is 2.98. The minimum absolute atomic E-state index is 0.00671. The number of carbonyl (C=O) groups excluding carboxylic acids is 1. The third-order valence-electron chi connectivity index (χ3n) is 2.98. The third kappa shape index (κ3) is 4.49. The number of carbonyl (C=O) groups is 1. The summed E-state index contributed by atoms with van der Waals surface area (Å²) in [6.45, 7) is 6.86. The lowest BCUT2D eigenvalue weighted by atomic mass is 9.98. The Morgan fingerprint density at radius 2 is 1.89 bits per heavy atom. The Morgan fingerprint density at radius 3 is 2.39 bits per heavy atom. The van der Waals surface area contributed by atoms with Crippen LogP contribution in [0.1, 0.15) is 49.5 Å². The predicted octanol–water partition coefficient (Wildman–Crippen LogP) is 2.50. The largest absolute Gasteiger partial charge is 0.347 e. The van der Waals surface area contributed by atoms with Gasteiger partial charge in [0.15, 0.2) is 0 Å². The van der Waals surface area contributed by atoms with Gasteiger partial charge in [0.1, 0.15) is 0 Å². The number of nitrogens with one attached hydrogen (secondary N) is 1. The quantitative estimate of drug-likeness (QED) is 0.812. The molecule has 0 heterocycles. The van der Waals surface area contributed by atoms with Crippen molar-refractivity contribution in [3.63, 3.8) is 0 Å². The van der Waals surface area contributed by atoms with E-state index < -0.39 is 0 Å². The van der Waals surface area contributed by atoms with E-state index in [0.29, 0.717) is 12.1 Å². The van der Waals surface area contributed by atoms with Gasteiger partial charge in [-0.2, -0.15) is 0 Å². The van der Waals surface area contributed by atoms with Crippen LogP contribution in [0.4, 0.5) is 0 Å². The highest BCUT2D eigenvalue weighted by Crippen LogP contribution is 2.12. The van der Waals surface area contributed by atoms with Gasteiger partial charge in [0, 0.05) is 11.1 Å². The highest BCUT2D eigenvalue weighted by atomic mass is 16.1. The molecule has 0 fully saturated rings. The van der Waals surface area contributed by atoms with Crippen molar-refractivity contribution >= 4 is 5.91 Å². The first kappa shape index (κ1) is 14.7. The predicted molar refractivity (Wildman–Crippen MR) is 75.7 cm³/mol. The second kappa shape index (κ2) is 6.55. The van der Waals surface area contributed by atoms with Crippen molar-refractivity contribution in [2.24, 2.45) is 5.73 Å². The fourth-order valence-corrected chi connectivity index (χ4v) is 2.06. The number of rotatable bonds is 6. The Balaban J connectivity index is 2.67. The van der Waals surface area contributed by atoms with E-state index in [2.05, 4.69) is 26.1 Å². The molecule has 3 N–H and O–H groups in total. The van der Waals surface area contributed by atoms with Gasteiger partial charge >= 0.3 is 0 Å². The normalized spacial score (nSPS) is 11.3. The summed E-state index contributed by atoms with van der Waals surface area (Å²) in [7, 11) is 0. The lowest BCUT2D eigenvalue weighted by Crippen LogP contribution is -2.43. The molecule has 100 valence electrons. The topological polar surface area (TPSA) is 55.1 Å². The van der Waals surface area contributed by atoms with Gasteiger partial charge in [-0.05, 0) is 50.9 Å². The van der Waals surface area contributed by atoms with Crippen molar-refractivity contribution in [3.05, 3.63) is 35.4 Å². The van der Waals surface area contributed by atoms with Gasteiger partial charge in [-0.3, -0.25) is 4.79 Å². The average molecular weight is 248 g/mol. The Labute approximate surface area is 110 Å². The fourth-order valence-electron chi connectivity index (χ4n) is 2.06. The van der Waals surface area contributed by atoms with Crippen molar-refractivity contribution < 1.29 is 4.79 Å². The highest BCUT2D eigenvalue weighted by Gasteiger charge is 2.19. The molecule has 0 saturated carbocycles. The van der Waals surface area contributed by atoms with E-state index in [-0.39, 0.29) is 11.4 Å². The first-order chi connectivity index (χ1) is 8.48. The lowest BCUT2D eigenvalue weighted by Gasteiger charge is -2.25. The van der Waals surface area contributed by atoms with E-state index in [1.54, 1.807) is 0 Å². The van der Waals surface area contributed by atoms with Crippen LogP contribution in [0.5, 0.6) is 0 Å². The molecule has 0 radical (unpaired) electrons. The molecule has 0 aliphatic carbocycles. The van der Waals surface area contributed by atoms with Crippen LogP contribution in [-0.2, 0) is 6.42 Å². The molecule has 1 aromatic rings. The van der Waals surface area contributed by atoms with Gasteiger partial charge in [0.25, 0.3) is 5.91 Å². The van der Waals surface area contributed by atoms with Gasteiger partial charge in [-0.1, -0.05) is 25.5 Å². The maximum absolute atomic E-state index is 12.1. The number of hydrogen-bond acceptors (Lipinski definition) is 2. The Kier molecular flexibility index (Phi) is 5.35. The molecule has 0 bridgehead atoms. The van der Waals surface area contributed by atoms with Crippen LogP contribution in [0.3, 0.4) is 0 Å². The second-order valence-electron chi connectivity index (χ2n) is 5.32. The number of amides is 1. The van der Waals surface area contributed by atoms with E-state index in [0.717, 1.165) is 19.3 Å². The molecule has 3 heteroatoms. The zero-order valence-corrected chi connectivity index (χ0v) is 11.6. The monoisotopic (exact) mass is 248 g/mol. The Morgan fingerprint density at radius 1 is 1.28 bits per heavy atom. The number of hydrogen-bond donors (Lipinski definition) is 2. The zero-order valence-electron chi connectivity index (χ0n) is 11.6. The van der Waals surface area contributed by atoms with E-state index >= 15 is 0 Å². The standard InChI is InChI=1S/C15H24N2O/c1-4-10-15(2,3)17-14(18)13-7-5-12(6-8-13)9-11-16/h5-8H,4,9-11,16H2,1-3H3,(H,17,18). The summed E-state index contributed by atoms with van der Waals surface area (Å²) >= 11 is 0. The van der Waals surface area contributed by atoms with Crippen LogP contribution in [-0.4, -0.2) is 18.0 Å². The highest BCUT2D eigenvalue weighted by molar-refractivity contribution is 5.94. The SMILES string of the molecule is CCCC(C)(C)NC(=O)c1ccc(CCN)cc1. The van der Waals surface area contributed by atoms with E-state index in [1.807, 2.05) is 24.3 Å². The molecule has 0 aliphatic heterocycles. The molecule has 0 aromatic heterocycles. The molecule has 0 atom stereocenters. The summed E-state index contributed by atoms with van der Waals surface area (Å²) in [5.41, 5.74) is 7.22. The van der Waals surface area contributed by atoms with E-state index in [9.17, 15) is 4.79 Å². The van der Waals surface area contributed by atoms with Crippen LogP contribution in [0.2, 0.25) is 0 Å². The van der Waals surface area contributed by atoms with Crippen LogP contribution in [0.15, 0.2) is 24.3 Å². The van der Waals surface area contributed by atoms with Crippen LogP contribution in [0.25, 0.3) is 0 Å². The molecule has 0 unspecified atom stereocenters. The minimum atomic E-state index is -0.151. The number of nitrogens with two attached hydrogens (primary N) is 1. The van der Waals surface area contributed by atoms with Crippen molar-refractivity contribution in [1.29, 1.82) is 0 Å². The van der Waals surface area contributed by atoms with Crippen molar-refractivity contribution in [3.8, 4) is 0 Å². The molecule has 0 aliphatic rings. The van der Waals surface area contributed by atoms with Gasteiger partial charge in [0.2, 0.25) is 0 Å². The van der Waals surface area contributed by atoms with Crippen molar-refractivity contribution in [1.82, 2.24) is 5.32 Å². The van der Waals surface area contributed by atoms with Gasteiger partial charge in [0.05, 0.1) is 0 Å². The fraction of sp³-hybridized carbons (Fsp3) is 0.533. The second-order valence-corrected chi connectivity index (χ2v) is 5.32. The summed E-state index contributed by atoms with van der Waals surface area (Å²) in [4.78, 5) is 12.1. The molecular formula is C15H24N2O. The van der Waals surface area contributed by atoms with Crippen molar-refractivity contribution in [2.75, 3.05) is 6.54 Å². The van der Waals surface area contributed by atoms with Crippen LogP contribution >= 0.6 is 0 Å². The molecule has 0 spiro atoms. The van der Waals surface area contributed by atoms with Gasteiger partial charge in [-0.15, -0.1) is 0 Å². The summed E-state index contributed by atoms with van der Waals surface area (Å²) in [5, 5.41) is 3.06. The number of benzene rings is 1. The maximum atomic E-state index is 12.1. The maximum Gasteiger partial charge on any atom is 0.251 e. The summed E-state index contributed by atoms with van der Waals surface area (Å²) in [6, 6.07) is 7.66. The first-order valence-electron chi connectivity index (χ1n) is 6.60. The zero-order chi connectivity index (χ0) is 13.6. The Bertz CT molecular complexity index is 382. The average Bonchev–Trinajstić information content (AvgIpc) is 2.29. The molecule has 0 saturated heterocycles. The minimum Gasteiger partial charge on any atom is -0.347 e. The van der Waals surface area contributed by atoms with Gasteiger partial charge in [-0.25, -0.2) is 0 Å². The summed E-state index contributed by atoms with van der Waals surface area (Å²) in [6.07, 6.45) is 2.88. The molecule has 1 amide bonds. The summed E-state index contributed by atoms with van der Waals surface area (Å²) in [5.74, 6) is -0.00671. The molecule has 18 heavy (non-hydrogen) atoms. The lowest BCUT2D eigenvalue weighted by molar-refractivity contribution is 0.0909.